The van der Waals surface area contributed by atoms with Crippen molar-refractivity contribution in [2.75, 3.05) is 5.73 Å². The van der Waals surface area contributed by atoms with Gasteiger partial charge in [0.2, 0.25) is 0 Å². The number of benzene rings is 2. The summed E-state index contributed by atoms with van der Waals surface area (Å²) < 4.78 is 12.4. The first kappa shape index (κ1) is 14.8. The first-order chi connectivity index (χ1) is 9.49. The van der Waals surface area contributed by atoms with E-state index in [1.54, 1.807) is 0 Å². The summed E-state index contributed by atoms with van der Waals surface area (Å²) in [6.45, 7) is 6.29. The Hall–Kier alpha value is -1.61. The van der Waals surface area contributed by atoms with Crippen molar-refractivity contribution >= 4 is 16.5 Å². The maximum atomic E-state index is 12.4. The van der Waals surface area contributed by atoms with Gasteiger partial charge in [-0.1, -0.05) is 38.1 Å². The van der Waals surface area contributed by atoms with Crippen molar-refractivity contribution in [3.63, 3.8) is 0 Å². The van der Waals surface area contributed by atoms with E-state index in [0.29, 0.717) is 11.7 Å². The third-order valence-corrected chi connectivity index (χ3v) is 4.96. The summed E-state index contributed by atoms with van der Waals surface area (Å²) in [6, 6.07) is 13.8. The first-order valence-electron chi connectivity index (χ1n) is 6.81. The largest absolute Gasteiger partial charge is 0.399 e. The molecule has 0 saturated carbocycles. The van der Waals surface area contributed by atoms with Crippen molar-refractivity contribution in [3.05, 3.63) is 59.2 Å². The fraction of sp³-hybridized carbons (Fsp3) is 0.294. The van der Waals surface area contributed by atoms with Crippen molar-refractivity contribution in [3.8, 4) is 0 Å². The van der Waals surface area contributed by atoms with Crippen LogP contribution in [0.3, 0.4) is 0 Å². The second kappa shape index (κ2) is 6.23. The molecule has 1 atom stereocenters. The molecule has 3 heteroatoms. The number of rotatable bonds is 4. The molecule has 2 aromatic rings. The summed E-state index contributed by atoms with van der Waals surface area (Å²) in [5.41, 5.74) is 10.00. The van der Waals surface area contributed by atoms with Crippen molar-refractivity contribution in [1.29, 1.82) is 0 Å². The van der Waals surface area contributed by atoms with Crippen LogP contribution in [-0.2, 0) is 16.6 Å². The Bertz CT molecular complexity index is 617. The molecule has 1 unspecified atom stereocenters. The average molecular weight is 287 g/mol. The van der Waals surface area contributed by atoms with Gasteiger partial charge >= 0.3 is 0 Å². The monoisotopic (exact) mass is 287 g/mol. The van der Waals surface area contributed by atoms with Crippen molar-refractivity contribution in [2.45, 2.75) is 37.3 Å². The highest BCUT2D eigenvalue weighted by Gasteiger charge is 2.09. The normalized spacial score (nSPS) is 12.6. The van der Waals surface area contributed by atoms with Crippen LogP contribution in [0.15, 0.2) is 47.4 Å². The van der Waals surface area contributed by atoms with Crippen LogP contribution < -0.4 is 5.73 Å². The van der Waals surface area contributed by atoms with E-state index in [1.165, 1.54) is 5.56 Å². The highest BCUT2D eigenvalue weighted by Crippen LogP contribution is 2.21. The van der Waals surface area contributed by atoms with Gasteiger partial charge in [-0.2, -0.15) is 0 Å². The van der Waals surface area contributed by atoms with Gasteiger partial charge in [0.25, 0.3) is 0 Å². The molecule has 0 heterocycles. The van der Waals surface area contributed by atoms with E-state index in [-0.39, 0.29) is 0 Å². The SMILES string of the molecule is Cc1c(N)cccc1CS(=O)c1ccc(C(C)C)cc1. The molecular weight excluding hydrogens is 266 g/mol. The van der Waals surface area contributed by atoms with Crippen LogP contribution in [0.4, 0.5) is 5.69 Å². The molecule has 106 valence electrons. The molecule has 0 aromatic heterocycles. The van der Waals surface area contributed by atoms with Gasteiger partial charge < -0.3 is 5.73 Å². The van der Waals surface area contributed by atoms with Gasteiger partial charge in [0.1, 0.15) is 0 Å². The Kier molecular flexibility index (Phi) is 4.61. The summed E-state index contributed by atoms with van der Waals surface area (Å²) >= 11 is 0. The summed E-state index contributed by atoms with van der Waals surface area (Å²) in [5.74, 6) is 1.01. The van der Waals surface area contributed by atoms with E-state index >= 15 is 0 Å². The van der Waals surface area contributed by atoms with Gasteiger partial charge in [0, 0.05) is 10.6 Å². The van der Waals surface area contributed by atoms with Crippen LogP contribution in [0.1, 0.15) is 36.5 Å². The molecule has 0 spiro atoms. The van der Waals surface area contributed by atoms with Crippen LogP contribution >= 0.6 is 0 Å². The number of hydrogen-bond donors (Lipinski definition) is 1. The lowest BCUT2D eigenvalue weighted by Gasteiger charge is -2.09. The lowest BCUT2D eigenvalue weighted by atomic mass is 10.0. The second-order valence-electron chi connectivity index (χ2n) is 5.34. The van der Waals surface area contributed by atoms with Crippen molar-refractivity contribution in [1.82, 2.24) is 0 Å². The zero-order chi connectivity index (χ0) is 14.7. The fourth-order valence-corrected chi connectivity index (χ4v) is 3.29. The predicted octanol–water partition coefficient (Wildman–Crippen LogP) is 4.01. The van der Waals surface area contributed by atoms with Crippen LogP contribution in [0, 0.1) is 6.92 Å². The van der Waals surface area contributed by atoms with Crippen LogP contribution in [0.25, 0.3) is 0 Å². The first-order valence-corrected chi connectivity index (χ1v) is 8.13. The quantitative estimate of drug-likeness (QED) is 0.863. The minimum atomic E-state index is -1.03. The molecule has 0 bridgehead atoms. The Morgan fingerprint density at radius 2 is 1.75 bits per heavy atom. The number of anilines is 1. The molecule has 0 aliphatic carbocycles. The summed E-state index contributed by atoms with van der Waals surface area (Å²) in [5, 5.41) is 0. The lowest BCUT2D eigenvalue weighted by Crippen LogP contribution is -2.01. The Morgan fingerprint density at radius 1 is 1.10 bits per heavy atom. The molecule has 0 fully saturated rings. The van der Waals surface area contributed by atoms with Crippen LogP contribution in [0.5, 0.6) is 0 Å². The predicted molar refractivity (Wildman–Crippen MR) is 86.2 cm³/mol. The maximum absolute atomic E-state index is 12.4. The van der Waals surface area contributed by atoms with Gasteiger partial charge in [-0.3, -0.25) is 4.21 Å². The zero-order valence-corrected chi connectivity index (χ0v) is 13.0. The van der Waals surface area contributed by atoms with E-state index < -0.39 is 10.8 Å². The van der Waals surface area contributed by atoms with Crippen LogP contribution in [0.2, 0.25) is 0 Å². The number of hydrogen-bond acceptors (Lipinski definition) is 2. The smallest absolute Gasteiger partial charge is 0.0574 e. The average Bonchev–Trinajstić information content (AvgIpc) is 2.44. The molecular formula is C17H21NOS. The van der Waals surface area contributed by atoms with Gasteiger partial charge in [-0.25, -0.2) is 0 Å². The summed E-state index contributed by atoms with van der Waals surface area (Å²) in [6.07, 6.45) is 0. The maximum Gasteiger partial charge on any atom is 0.0574 e. The summed E-state index contributed by atoms with van der Waals surface area (Å²) in [4.78, 5) is 0.872. The molecule has 0 aliphatic heterocycles. The van der Waals surface area contributed by atoms with E-state index in [2.05, 4.69) is 26.0 Å². The molecule has 20 heavy (non-hydrogen) atoms. The van der Waals surface area contributed by atoms with Gasteiger partial charge in [0.05, 0.1) is 16.6 Å². The Labute approximate surface area is 123 Å². The Morgan fingerprint density at radius 3 is 2.35 bits per heavy atom. The zero-order valence-electron chi connectivity index (χ0n) is 12.2. The topological polar surface area (TPSA) is 43.1 Å². The van der Waals surface area contributed by atoms with Gasteiger partial charge in [-0.05, 0) is 47.7 Å². The minimum Gasteiger partial charge on any atom is -0.399 e. The second-order valence-corrected chi connectivity index (χ2v) is 6.80. The third-order valence-electron chi connectivity index (χ3n) is 3.58. The van der Waals surface area contributed by atoms with E-state index in [9.17, 15) is 4.21 Å². The molecule has 2 rings (SSSR count). The number of nitrogens with two attached hydrogens (primary N) is 1. The molecule has 2 N–H and O–H groups in total. The van der Waals surface area contributed by atoms with E-state index in [1.807, 2.05) is 37.3 Å². The highest BCUT2D eigenvalue weighted by atomic mass is 32.2. The van der Waals surface area contributed by atoms with Crippen molar-refractivity contribution < 1.29 is 4.21 Å². The van der Waals surface area contributed by atoms with Crippen molar-refractivity contribution in [2.24, 2.45) is 0 Å². The molecule has 2 nitrogen and oxygen atoms in total. The highest BCUT2D eigenvalue weighted by molar-refractivity contribution is 7.84. The third kappa shape index (κ3) is 3.28. The van der Waals surface area contributed by atoms with E-state index in [4.69, 9.17) is 5.73 Å². The van der Waals surface area contributed by atoms with Crippen LogP contribution in [-0.4, -0.2) is 4.21 Å². The standard InChI is InChI=1S/C17H21NOS/c1-12(2)14-7-9-16(10-8-14)20(19)11-15-5-4-6-17(18)13(15)3/h4-10,12H,11,18H2,1-3H3. The molecule has 0 amide bonds. The van der Waals surface area contributed by atoms with Gasteiger partial charge in [-0.15, -0.1) is 0 Å². The fourth-order valence-electron chi connectivity index (χ4n) is 2.09. The molecule has 0 saturated heterocycles. The molecule has 2 aromatic carbocycles. The summed E-state index contributed by atoms with van der Waals surface area (Å²) in [7, 11) is -1.03. The van der Waals surface area contributed by atoms with Gasteiger partial charge in [0.15, 0.2) is 0 Å². The lowest BCUT2D eigenvalue weighted by molar-refractivity contribution is 0.682. The number of nitrogen functional groups attached to an aromatic ring is 1. The minimum absolute atomic E-state index is 0.494. The molecule has 0 radical (unpaired) electrons. The van der Waals surface area contributed by atoms with E-state index in [0.717, 1.165) is 21.7 Å². The Balaban J connectivity index is 2.18. The molecule has 0 aliphatic rings.